The van der Waals surface area contributed by atoms with Crippen molar-refractivity contribution in [2.45, 2.75) is 68.7 Å². The molecule has 4 bridgehead atoms. The van der Waals surface area contributed by atoms with Crippen molar-refractivity contribution in [3.05, 3.63) is 29.8 Å². The molecule has 6 rings (SSSR count). The molecular weight excluding hydrogens is 392 g/mol. The van der Waals surface area contributed by atoms with Crippen LogP contribution in [0.25, 0.3) is 0 Å². The van der Waals surface area contributed by atoms with Gasteiger partial charge in [0, 0.05) is 23.5 Å². The van der Waals surface area contributed by atoms with Crippen LogP contribution in [0.3, 0.4) is 0 Å². The summed E-state index contributed by atoms with van der Waals surface area (Å²) in [5, 5.41) is 3.46. The minimum Gasteiger partial charge on any atom is -0.350 e. The second-order valence-electron chi connectivity index (χ2n) is 10.5. The SMILES string of the molecule is CC1CCCN(C(=O)c2ccccc2SCC(=O)NC23CC4CC(CC(C4)C2)C3)C1. The summed E-state index contributed by atoms with van der Waals surface area (Å²) in [5.41, 5.74) is 0.810. The van der Waals surface area contributed by atoms with Crippen LogP contribution in [0.4, 0.5) is 0 Å². The van der Waals surface area contributed by atoms with E-state index < -0.39 is 0 Å². The Bertz CT molecular complexity index is 788. The Morgan fingerprint density at radius 2 is 1.77 bits per heavy atom. The predicted molar refractivity (Wildman–Crippen MR) is 121 cm³/mol. The van der Waals surface area contributed by atoms with Gasteiger partial charge in [-0.15, -0.1) is 11.8 Å². The van der Waals surface area contributed by atoms with Gasteiger partial charge in [-0.25, -0.2) is 0 Å². The molecule has 2 amide bonds. The van der Waals surface area contributed by atoms with E-state index in [1.165, 1.54) is 56.7 Å². The third kappa shape index (κ3) is 4.15. The molecule has 4 saturated carbocycles. The Labute approximate surface area is 184 Å². The average molecular weight is 427 g/mol. The molecule has 5 aliphatic rings. The standard InChI is InChI=1S/C25H34N2O2S/c1-17-5-4-8-27(15-17)24(29)21-6-2-3-7-22(21)30-16-23(28)26-25-12-18-9-19(13-25)11-20(10-18)14-25/h2-3,6-7,17-20H,4-5,8-16H2,1H3,(H,26,28). The summed E-state index contributed by atoms with van der Waals surface area (Å²) in [6.07, 6.45) is 9.96. The molecule has 30 heavy (non-hydrogen) atoms. The van der Waals surface area contributed by atoms with Crippen molar-refractivity contribution in [2.24, 2.45) is 23.7 Å². The molecule has 0 spiro atoms. The molecule has 0 aromatic heterocycles. The Morgan fingerprint density at radius 1 is 1.10 bits per heavy atom. The highest BCUT2D eigenvalue weighted by atomic mass is 32.2. The number of hydrogen-bond acceptors (Lipinski definition) is 3. The van der Waals surface area contributed by atoms with Crippen LogP contribution >= 0.6 is 11.8 Å². The van der Waals surface area contributed by atoms with Gasteiger partial charge in [0.25, 0.3) is 5.91 Å². The number of carbonyl (C=O) groups excluding carboxylic acids is 2. The highest BCUT2D eigenvalue weighted by molar-refractivity contribution is 8.00. The van der Waals surface area contributed by atoms with Gasteiger partial charge >= 0.3 is 0 Å². The maximum Gasteiger partial charge on any atom is 0.254 e. The number of piperidine rings is 1. The number of hydrogen-bond donors (Lipinski definition) is 1. The van der Waals surface area contributed by atoms with Crippen LogP contribution in [0, 0.1) is 23.7 Å². The first-order valence-electron chi connectivity index (χ1n) is 11.8. The topological polar surface area (TPSA) is 49.4 Å². The van der Waals surface area contributed by atoms with Crippen molar-refractivity contribution >= 4 is 23.6 Å². The zero-order valence-corrected chi connectivity index (χ0v) is 18.9. The fraction of sp³-hybridized carbons (Fsp3) is 0.680. The molecule has 5 fully saturated rings. The summed E-state index contributed by atoms with van der Waals surface area (Å²) in [6.45, 7) is 3.90. The van der Waals surface area contributed by atoms with Crippen LogP contribution in [0.15, 0.2) is 29.2 Å². The van der Waals surface area contributed by atoms with Crippen molar-refractivity contribution < 1.29 is 9.59 Å². The van der Waals surface area contributed by atoms with Crippen molar-refractivity contribution in [2.75, 3.05) is 18.8 Å². The normalized spacial score (nSPS) is 34.8. The van der Waals surface area contributed by atoms with E-state index in [1.54, 1.807) is 0 Å². The van der Waals surface area contributed by atoms with Gasteiger partial charge in [-0.1, -0.05) is 19.1 Å². The van der Waals surface area contributed by atoms with Gasteiger partial charge in [0.05, 0.1) is 11.3 Å². The summed E-state index contributed by atoms with van der Waals surface area (Å²) in [6, 6.07) is 7.80. The summed E-state index contributed by atoms with van der Waals surface area (Å²) >= 11 is 1.52. The first kappa shape index (κ1) is 20.4. The van der Waals surface area contributed by atoms with Gasteiger partial charge in [-0.2, -0.15) is 0 Å². The number of thioether (sulfide) groups is 1. The Hall–Kier alpha value is -1.49. The monoisotopic (exact) mass is 426 g/mol. The number of amides is 2. The third-order valence-electron chi connectivity index (χ3n) is 7.86. The quantitative estimate of drug-likeness (QED) is 0.692. The van der Waals surface area contributed by atoms with E-state index in [9.17, 15) is 9.59 Å². The summed E-state index contributed by atoms with van der Waals surface area (Å²) in [5.74, 6) is 3.69. The van der Waals surface area contributed by atoms with Crippen LogP contribution in [-0.2, 0) is 4.79 Å². The molecule has 1 aromatic rings. The van der Waals surface area contributed by atoms with Gasteiger partial charge in [-0.3, -0.25) is 9.59 Å². The minimum absolute atomic E-state index is 0.0612. The third-order valence-corrected chi connectivity index (χ3v) is 8.94. The minimum atomic E-state index is 0.0612. The van der Waals surface area contributed by atoms with Gasteiger partial charge in [-0.05, 0) is 87.2 Å². The zero-order chi connectivity index (χ0) is 20.7. The van der Waals surface area contributed by atoms with Gasteiger partial charge in [0.15, 0.2) is 0 Å². The molecule has 1 N–H and O–H groups in total. The van der Waals surface area contributed by atoms with Crippen molar-refractivity contribution in [1.82, 2.24) is 10.2 Å². The molecule has 1 aromatic carbocycles. The van der Waals surface area contributed by atoms with Crippen LogP contribution < -0.4 is 5.32 Å². The largest absolute Gasteiger partial charge is 0.350 e. The van der Waals surface area contributed by atoms with Crippen LogP contribution in [0.1, 0.15) is 68.6 Å². The molecule has 1 unspecified atom stereocenters. The van der Waals surface area contributed by atoms with E-state index in [0.717, 1.165) is 47.7 Å². The molecule has 5 heteroatoms. The Kier molecular flexibility index (Phi) is 5.59. The lowest BCUT2D eigenvalue weighted by Crippen LogP contribution is -2.60. The van der Waals surface area contributed by atoms with Gasteiger partial charge in [0.2, 0.25) is 5.91 Å². The van der Waals surface area contributed by atoms with Crippen molar-refractivity contribution in [3.63, 3.8) is 0 Å². The molecular formula is C25H34N2O2S. The number of likely N-dealkylation sites (tertiary alicyclic amines) is 1. The zero-order valence-electron chi connectivity index (χ0n) is 18.1. The summed E-state index contributed by atoms with van der Waals surface area (Å²) < 4.78 is 0. The number of benzene rings is 1. The molecule has 1 atom stereocenters. The maximum absolute atomic E-state index is 13.1. The first-order chi connectivity index (χ1) is 14.5. The average Bonchev–Trinajstić information content (AvgIpc) is 2.70. The lowest BCUT2D eigenvalue weighted by Gasteiger charge is -2.56. The second kappa shape index (κ2) is 8.22. The Balaban J connectivity index is 1.22. The van der Waals surface area contributed by atoms with Crippen molar-refractivity contribution in [1.29, 1.82) is 0 Å². The molecule has 162 valence electrons. The molecule has 1 heterocycles. The molecule has 4 aliphatic carbocycles. The lowest BCUT2D eigenvalue weighted by molar-refractivity contribution is -0.124. The number of rotatable bonds is 5. The number of nitrogens with one attached hydrogen (secondary N) is 1. The van der Waals surface area contributed by atoms with Crippen LogP contribution in [-0.4, -0.2) is 41.1 Å². The van der Waals surface area contributed by atoms with Crippen LogP contribution in [0.2, 0.25) is 0 Å². The lowest BCUT2D eigenvalue weighted by atomic mass is 9.53. The summed E-state index contributed by atoms with van der Waals surface area (Å²) in [7, 11) is 0. The number of carbonyl (C=O) groups is 2. The molecule has 1 aliphatic heterocycles. The highest BCUT2D eigenvalue weighted by Gasteiger charge is 2.51. The van der Waals surface area contributed by atoms with Gasteiger partial charge in [0.1, 0.15) is 0 Å². The van der Waals surface area contributed by atoms with E-state index in [2.05, 4.69) is 12.2 Å². The fourth-order valence-corrected chi connectivity index (χ4v) is 7.90. The Morgan fingerprint density at radius 3 is 2.43 bits per heavy atom. The van der Waals surface area contributed by atoms with E-state index in [0.29, 0.717) is 11.7 Å². The highest BCUT2D eigenvalue weighted by Crippen LogP contribution is 2.55. The second-order valence-corrected chi connectivity index (χ2v) is 11.5. The predicted octanol–water partition coefficient (Wildman–Crippen LogP) is 4.74. The maximum atomic E-state index is 13.1. The van der Waals surface area contributed by atoms with E-state index in [1.807, 2.05) is 29.2 Å². The van der Waals surface area contributed by atoms with Crippen molar-refractivity contribution in [3.8, 4) is 0 Å². The van der Waals surface area contributed by atoms with E-state index >= 15 is 0 Å². The first-order valence-corrected chi connectivity index (χ1v) is 12.8. The van der Waals surface area contributed by atoms with E-state index in [4.69, 9.17) is 0 Å². The smallest absolute Gasteiger partial charge is 0.254 e. The number of nitrogens with zero attached hydrogens (tertiary/aromatic N) is 1. The summed E-state index contributed by atoms with van der Waals surface area (Å²) in [4.78, 5) is 28.9. The van der Waals surface area contributed by atoms with Crippen LogP contribution in [0.5, 0.6) is 0 Å². The molecule has 4 nitrogen and oxygen atoms in total. The fourth-order valence-electron chi connectivity index (χ4n) is 7.05. The van der Waals surface area contributed by atoms with Gasteiger partial charge < -0.3 is 10.2 Å². The molecule has 0 radical (unpaired) electrons. The van der Waals surface area contributed by atoms with E-state index in [-0.39, 0.29) is 17.4 Å². The molecule has 1 saturated heterocycles.